The quantitative estimate of drug-likeness (QED) is 0.365. The zero-order chi connectivity index (χ0) is 28.6. The lowest BCUT2D eigenvalue weighted by Gasteiger charge is -2.32. The first-order valence-corrected chi connectivity index (χ1v) is 14.0. The second-order valence-electron chi connectivity index (χ2n) is 9.21. The SMILES string of the molecule is COc1cccc(CN(C(=O)CN(c2ccccc2OC)S(=O)(=O)c2ccccc2)[C@@H](C)C(=O)NC(C)C)c1. The normalized spacial score (nSPS) is 11.9. The van der Waals surface area contributed by atoms with Crippen molar-refractivity contribution >= 4 is 27.5 Å². The van der Waals surface area contributed by atoms with Gasteiger partial charge in [0, 0.05) is 12.6 Å². The molecule has 0 heterocycles. The Labute approximate surface area is 230 Å². The maximum atomic E-state index is 14.0. The molecule has 9 nitrogen and oxygen atoms in total. The molecule has 0 spiro atoms. The number of carbonyl (C=O) groups excluding carboxylic acids is 2. The van der Waals surface area contributed by atoms with E-state index in [0.29, 0.717) is 5.75 Å². The fourth-order valence-electron chi connectivity index (χ4n) is 4.02. The van der Waals surface area contributed by atoms with Crippen LogP contribution in [0, 0.1) is 0 Å². The lowest BCUT2D eigenvalue weighted by atomic mass is 10.1. The first-order chi connectivity index (χ1) is 18.6. The van der Waals surface area contributed by atoms with Crippen LogP contribution in [0.25, 0.3) is 0 Å². The largest absolute Gasteiger partial charge is 0.497 e. The standard InChI is InChI=1S/C29H35N3O6S/c1-21(2)30-29(34)22(3)31(19-23-12-11-13-24(18-23)37-4)28(33)20-32(26-16-9-10-17-27(26)38-5)39(35,36)25-14-7-6-8-15-25/h6-18,21-22H,19-20H2,1-5H3,(H,30,34)/t22-/m0/s1. The highest BCUT2D eigenvalue weighted by Crippen LogP contribution is 2.32. The van der Waals surface area contributed by atoms with Crippen molar-refractivity contribution in [3.05, 3.63) is 84.4 Å². The van der Waals surface area contributed by atoms with Crippen molar-refractivity contribution in [2.45, 2.75) is 44.3 Å². The molecule has 0 fully saturated rings. The van der Waals surface area contributed by atoms with E-state index < -0.39 is 28.5 Å². The average Bonchev–Trinajstić information content (AvgIpc) is 2.94. The van der Waals surface area contributed by atoms with Crippen molar-refractivity contribution in [1.82, 2.24) is 10.2 Å². The topological polar surface area (TPSA) is 105 Å². The Balaban J connectivity index is 2.06. The molecule has 0 unspecified atom stereocenters. The molecule has 10 heteroatoms. The third-order valence-corrected chi connectivity index (χ3v) is 7.82. The summed E-state index contributed by atoms with van der Waals surface area (Å²) in [5.74, 6) is -0.0260. The number of benzene rings is 3. The number of anilines is 1. The Morgan fingerprint density at radius 2 is 1.54 bits per heavy atom. The van der Waals surface area contributed by atoms with Crippen LogP contribution < -0.4 is 19.1 Å². The van der Waals surface area contributed by atoms with E-state index in [0.717, 1.165) is 9.87 Å². The van der Waals surface area contributed by atoms with Crippen molar-refractivity contribution in [3.8, 4) is 11.5 Å². The van der Waals surface area contributed by atoms with Gasteiger partial charge in [-0.05, 0) is 62.7 Å². The van der Waals surface area contributed by atoms with Gasteiger partial charge in [-0.15, -0.1) is 0 Å². The van der Waals surface area contributed by atoms with E-state index in [1.54, 1.807) is 74.7 Å². The molecule has 1 atom stereocenters. The van der Waals surface area contributed by atoms with Crippen molar-refractivity contribution < 1.29 is 27.5 Å². The summed E-state index contributed by atoms with van der Waals surface area (Å²) < 4.78 is 39.5. The molecule has 1 N–H and O–H groups in total. The number of hydrogen-bond acceptors (Lipinski definition) is 6. The number of ether oxygens (including phenoxy) is 2. The molecule has 0 bridgehead atoms. The summed E-state index contributed by atoms with van der Waals surface area (Å²) in [4.78, 5) is 28.4. The van der Waals surface area contributed by atoms with Gasteiger partial charge in [-0.25, -0.2) is 8.42 Å². The molecule has 3 aromatic rings. The summed E-state index contributed by atoms with van der Waals surface area (Å²) >= 11 is 0. The fourth-order valence-corrected chi connectivity index (χ4v) is 5.47. The van der Waals surface area contributed by atoms with E-state index >= 15 is 0 Å². The third kappa shape index (κ3) is 7.29. The molecule has 2 amide bonds. The molecule has 0 saturated carbocycles. The molecule has 208 valence electrons. The number of sulfonamides is 1. The predicted octanol–water partition coefficient (Wildman–Crippen LogP) is 3.84. The second kappa shape index (κ2) is 13.1. The Kier molecular flexibility index (Phi) is 9.95. The summed E-state index contributed by atoms with van der Waals surface area (Å²) in [7, 11) is -1.20. The highest BCUT2D eigenvalue weighted by molar-refractivity contribution is 7.92. The Bertz CT molecular complexity index is 1380. The summed E-state index contributed by atoms with van der Waals surface area (Å²) in [5.41, 5.74) is 0.930. The van der Waals surface area contributed by atoms with Gasteiger partial charge in [0.2, 0.25) is 11.8 Å². The molecule has 39 heavy (non-hydrogen) atoms. The summed E-state index contributed by atoms with van der Waals surface area (Å²) in [6.45, 7) is 4.78. The monoisotopic (exact) mass is 553 g/mol. The molecule has 0 aliphatic heterocycles. The number of rotatable bonds is 12. The van der Waals surface area contributed by atoms with Gasteiger partial charge in [-0.1, -0.05) is 42.5 Å². The van der Waals surface area contributed by atoms with Gasteiger partial charge >= 0.3 is 0 Å². The number of methoxy groups -OCH3 is 2. The molecule has 0 aromatic heterocycles. The van der Waals surface area contributed by atoms with Gasteiger partial charge in [0.05, 0.1) is 24.8 Å². The molecule has 0 radical (unpaired) electrons. The number of hydrogen-bond donors (Lipinski definition) is 1. The molecule has 3 rings (SSSR count). The Morgan fingerprint density at radius 1 is 0.872 bits per heavy atom. The van der Waals surface area contributed by atoms with Crippen molar-refractivity contribution in [1.29, 1.82) is 0 Å². The zero-order valence-electron chi connectivity index (χ0n) is 22.8. The van der Waals surface area contributed by atoms with Crippen LogP contribution in [0.5, 0.6) is 11.5 Å². The van der Waals surface area contributed by atoms with Crippen LogP contribution in [-0.4, -0.2) is 58.0 Å². The van der Waals surface area contributed by atoms with Crippen molar-refractivity contribution in [3.63, 3.8) is 0 Å². The molecular formula is C29H35N3O6S. The van der Waals surface area contributed by atoms with Gasteiger partial charge in [0.15, 0.2) is 0 Å². The lowest BCUT2D eigenvalue weighted by Crippen LogP contribution is -2.52. The average molecular weight is 554 g/mol. The van der Waals surface area contributed by atoms with E-state index in [1.165, 1.54) is 24.1 Å². The van der Waals surface area contributed by atoms with E-state index in [9.17, 15) is 18.0 Å². The minimum Gasteiger partial charge on any atom is -0.497 e. The molecule has 0 saturated heterocycles. The van der Waals surface area contributed by atoms with Crippen LogP contribution in [0.15, 0.2) is 83.8 Å². The Hall–Kier alpha value is -4.05. The highest BCUT2D eigenvalue weighted by atomic mass is 32.2. The van der Waals surface area contributed by atoms with Gasteiger partial charge in [-0.2, -0.15) is 0 Å². The van der Waals surface area contributed by atoms with E-state index in [1.807, 2.05) is 19.9 Å². The molecule has 0 aliphatic carbocycles. The molecular weight excluding hydrogens is 518 g/mol. The van der Waals surface area contributed by atoms with Gasteiger partial charge in [0.1, 0.15) is 24.1 Å². The maximum Gasteiger partial charge on any atom is 0.264 e. The minimum absolute atomic E-state index is 0.0219. The minimum atomic E-state index is -4.18. The fraction of sp³-hybridized carbons (Fsp3) is 0.310. The lowest BCUT2D eigenvalue weighted by molar-refractivity contribution is -0.139. The number of carbonyl (C=O) groups is 2. The van der Waals surface area contributed by atoms with Gasteiger partial charge in [0.25, 0.3) is 10.0 Å². The van der Waals surface area contributed by atoms with Gasteiger partial charge < -0.3 is 19.7 Å². The van der Waals surface area contributed by atoms with Crippen LogP contribution >= 0.6 is 0 Å². The first kappa shape index (κ1) is 29.5. The van der Waals surface area contributed by atoms with E-state index in [4.69, 9.17) is 9.47 Å². The molecule has 3 aromatic carbocycles. The number of nitrogens with one attached hydrogen (secondary N) is 1. The van der Waals surface area contributed by atoms with E-state index in [2.05, 4.69) is 5.32 Å². The summed E-state index contributed by atoms with van der Waals surface area (Å²) in [6.07, 6.45) is 0. The third-order valence-electron chi connectivity index (χ3n) is 6.05. The van der Waals surface area contributed by atoms with Crippen LogP contribution in [0.3, 0.4) is 0 Å². The second-order valence-corrected chi connectivity index (χ2v) is 11.1. The maximum absolute atomic E-state index is 14.0. The van der Waals surface area contributed by atoms with Crippen LogP contribution in [0.1, 0.15) is 26.3 Å². The highest BCUT2D eigenvalue weighted by Gasteiger charge is 2.33. The number of nitrogens with zero attached hydrogens (tertiary/aromatic N) is 2. The van der Waals surface area contributed by atoms with Crippen molar-refractivity contribution in [2.75, 3.05) is 25.1 Å². The van der Waals surface area contributed by atoms with Crippen LogP contribution in [0.4, 0.5) is 5.69 Å². The first-order valence-electron chi connectivity index (χ1n) is 12.5. The number of amides is 2. The van der Waals surface area contributed by atoms with Crippen molar-refractivity contribution in [2.24, 2.45) is 0 Å². The summed E-state index contributed by atoms with van der Waals surface area (Å²) in [5, 5.41) is 2.84. The zero-order valence-corrected chi connectivity index (χ0v) is 23.6. The molecule has 0 aliphatic rings. The van der Waals surface area contributed by atoms with Crippen LogP contribution in [0.2, 0.25) is 0 Å². The van der Waals surface area contributed by atoms with E-state index in [-0.39, 0.29) is 34.8 Å². The van der Waals surface area contributed by atoms with Crippen LogP contribution in [-0.2, 0) is 26.2 Å². The predicted molar refractivity (Wildman–Crippen MR) is 150 cm³/mol. The number of para-hydroxylation sites is 2. The smallest absolute Gasteiger partial charge is 0.264 e. The summed E-state index contributed by atoms with van der Waals surface area (Å²) in [6, 6.07) is 20.6. The van der Waals surface area contributed by atoms with Gasteiger partial charge in [-0.3, -0.25) is 13.9 Å². The Morgan fingerprint density at radius 3 is 2.18 bits per heavy atom.